The zero-order valence-electron chi connectivity index (χ0n) is 9.80. The molecule has 2 aliphatic rings. The first kappa shape index (κ1) is 11.0. The van der Waals surface area contributed by atoms with Gasteiger partial charge in [-0.1, -0.05) is 23.9 Å². The maximum atomic E-state index is 5.70. The van der Waals surface area contributed by atoms with Crippen molar-refractivity contribution >= 4 is 22.6 Å². The molecule has 0 aliphatic carbocycles. The zero-order valence-corrected chi connectivity index (χ0v) is 10.6. The average molecular weight is 247 g/mol. The molecule has 1 aromatic rings. The molecule has 1 fully saturated rings. The minimum Gasteiger partial charge on any atom is -0.379 e. The van der Waals surface area contributed by atoms with E-state index < -0.39 is 0 Å². The van der Waals surface area contributed by atoms with Gasteiger partial charge >= 0.3 is 0 Å². The third-order valence-electron chi connectivity index (χ3n) is 3.42. The monoisotopic (exact) mass is 247 g/mol. The summed E-state index contributed by atoms with van der Waals surface area (Å²) >= 11 is 1.65. The molecule has 90 valence electrons. The van der Waals surface area contributed by atoms with Gasteiger partial charge in [0.1, 0.15) is 0 Å². The number of amidine groups is 1. The van der Waals surface area contributed by atoms with E-state index in [2.05, 4.69) is 34.2 Å². The normalized spacial score (nSPS) is 24.1. The Kier molecular flexibility index (Phi) is 2.97. The molecule has 2 aliphatic heterocycles. The third-order valence-corrected chi connectivity index (χ3v) is 4.30. The van der Waals surface area contributed by atoms with E-state index in [4.69, 9.17) is 5.73 Å². The van der Waals surface area contributed by atoms with Crippen molar-refractivity contribution in [3.05, 3.63) is 29.8 Å². The van der Waals surface area contributed by atoms with Crippen molar-refractivity contribution in [1.29, 1.82) is 0 Å². The number of nitrogens with two attached hydrogens (primary N) is 1. The first-order valence-electron chi connectivity index (χ1n) is 6.14. The standard InChI is InChI=1S/C13H17N3S/c14-13-15-12(9-17-13)10-3-5-11(6-4-10)16-7-1-2-8-16/h3-6,12H,1-2,7-9H2,(H2,14,15). The van der Waals surface area contributed by atoms with E-state index in [1.54, 1.807) is 11.8 Å². The third kappa shape index (κ3) is 2.27. The summed E-state index contributed by atoms with van der Waals surface area (Å²) in [6.07, 6.45) is 2.64. The number of rotatable bonds is 2. The van der Waals surface area contributed by atoms with Gasteiger partial charge in [-0.2, -0.15) is 0 Å². The molecule has 2 N–H and O–H groups in total. The summed E-state index contributed by atoms with van der Waals surface area (Å²) in [7, 11) is 0. The minimum atomic E-state index is 0.257. The molecule has 0 radical (unpaired) electrons. The van der Waals surface area contributed by atoms with Crippen LogP contribution < -0.4 is 10.6 Å². The van der Waals surface area contributed by atoms with Gasteiger partial charge in [0.25, 0.3) is 0 Å². The minimum absolute atomic E-state index is 0.257. The fourth-order valence-corrected chi connectivity index (χ4v) is 3.24. The Labute approximate surface area is 106 Å². The molecule has 1 aromatic carbocycles. The molecule has 1 saturated heterocycles. The largest absolute Gasteiger partial charge is 0.379 e. The smallest absolute Gasteiger partial charge is 0.154 e. The molecule has 2 heterocycles. The summed E-state index contributed by atoms with van der Waals surface area (Å²) < 4.78 is 0. The molecule has 0 amide bonds. The van der Waals surface area contributed by atoms with Crippen LogP contribution in [0.2, 0.25) is 0 Å². The molecular formula is C13H17N3S. The molecule has 3 nitrogen and oxygen atoms in total. The van der Waals surface area contributed by atoms with Gasteiger partial charge in [-0.15, -0.1) is 0 Å². The SMILES string of the molecule is NC1=NC(c2ccc(N3CCCC3)cc2)CS1. The van der Waals surface area contributed by atoms with Crippen molar-refractivity contribution in [2.45, 2.75) is 18.9 Å². The van der Waals surface area contributed by atoms with Gasteiger partial charge < -0.3 is 10.6 Å². The number of anilines is 1. The zero-order chi connectivity index (χ0) is 11.7. The second kappa shape index (κ2) is 4.61. The molecule has 1 unspecified atom stereocenters. The van der Waals surface area contributed by atoms with Crippen LogP contribution in [0.25, 0.3) is 0 Å². The quantitative estimate of drug-likeness (QED) is 0.872. The summed E-state index contributed by atoms with van der Waals surface area (Å²) in [4.78, 5) is 6.88. The van der Waals surface area contributed by atoms with Gasteiger partial charge in [0.05, 0.1) is 6.04 Å². The second-order valence-electron chi connectivity index (χ2n) is 4.58. The maximum absolute atomic E-state index is 5.70. The summed E-state index contributed by atoms with van der Waals surface area (Å²) in [6.45, 7) is 2.40. The van der Waals surface area contributed by atoms with Gasteiger partial charge in [-0.05, 0) is 30.5 Å². The van der Waals surface area contributed by atoms with Crippen LogP contribution in [0.15, 0.2) is 29.3 Å². The number of thioether (sulfide) groups is 1. The number of benzene rings is 1. The van der Waals surface area contributed by atoms with E-state index in [9.17, 15) is 0 Å². The highest BCUT2D eigenvalue weighted by Crippen LogP contribution is 2.30. The Balaban J connectivity index is 1.75. The molecule has 17 heavy (non-hydrogen) atoms. The molecule has 1 atom stereocenters. The summed E-state index contributed by atoms with van der Waals surface area (Å²) in [5, 5.41) is 0.721. The highest BCUT2D eigenvalue weighted by Gasteiger charge is 2.18. The Hall–Kier alpha value is -1.16. The van der Waals surface area contributed by atoms with E-state index in [-0.39, 0.29) is 6.04 Å². The van der Waals surface area contributed by atoms with Crippen molar-refractivity contribution in [2.75, 3.05) is 23.7 Å². The van der Waals surface area contributed by atoms with Crippen LogP contribution in [-0.4, -0.2) is 24.0 Å². The van der Waals surface area contributed by atoms with E-state index in [1.165, 1.54) is 37.2 Å². The van der Waals surface area contributed by atoms with Gasteiger partial charge in [0, 0.05) is 24.5 Å². The van der Waals surface area contributed by atoms with Crippen LogP contribution in [0.3, 0.4) is 0 Å². The van der Waals surface area contributed by atoms with Crippen LogP contribution in [0, 0.1) is 0 Å². The highest BCUT2D eigenvalue weighted by atomic mass is 32.2. The number of nitrogens with zero attached hydrogens (tertiary/aromatic N) is 2. The van der Waals surface area contributed by atoms with Crippen molar-refractivity contribution in [3.8, 4) is 0 Å². The first-order valence-corrected chi connectivity index (χ1v) is 7.12. The lowest BCUT2D eigenvalue weighted by molar-refractivity contribution is 0.847. The molecule has 4 heteroatoms. The molecule has 0 bridgehead atoms. The van der Waals surface area contributed by atoms with Crippen molar-refractivity contribution in [2.24, 2.45) is 10.7 Å². The fourth-order valence-electron chi connectivity index (χ4n) is 2.45. The van der Waals surface area contributed by atoms with Gasteiger partial charge in [0.2, 0.25) is 0 Å². The molecule has 3 rings (SSSR count). The molecular weight excluding hydrogens is 230 g/mol. The van der Waals surface area contributed by atoms with Gasteiger partial charge in [0.15, 0.2) is 5.17 Å². The summed E-state index contributed by atoms with van der Waals surface area (Å²) in [5.74, 6) is 0.981. The van der Waals surface area contributed by atoms with Gasteiger partial charge in [-0.3, -0.25) is 4.99 Å². The van der Waals surface area contributed by atoms with E-state index >= 15 is 0 Å². The first-order chi connectivity index (χ1) is 8.33. The lowest BCUT2D eigenvalue weighted by atomic mass is 10.1. The lowest BCUT2D eigenvalue weighted by Gasteiger charge is -2.18. The Morgan fingerprint density at radius 3 is 2.47 bits per heavy atom. The predicted octanol–water partition coefficient (Wildman–Crippen LogP) is 2.39. The average Bonchev–Trinajstić information content (AvgIpc) is 3.00. The van der Waals surface area contributed by atoms with Crippen LogP contribution in [0.5, 0.6) is 0 Å². The maximum Gasteiger partial charge on any atom is 0.154 e. The van der Waals surface area contributed by atoms with Crippen LogP contribution in [0.4, 0.5) is 5.69 Å². The second-order valence-corrected chi connectivity index (χ2v) is 5.62. The van der Waals surface area contributed by atoms with Crippen molar-refractivity contribution < 1.29 is 0 Å². The summed E-state index contributed by atoms with van der Waals surface area (Å²) in [5.41, 5.74) is 8.32. The lowest BCUT2D eigenvalue weighted by Crippen LogP contribution is -2.17. The summed E-state index contributed by atoms with van der Waals surface area (Å²) in [6, 6.07) is 9.08. The number of hydrogen-bond donors (Lipinski definition) is 1. The van der Waals surface area contributed by atoms with E-state index in [1.807, 2.05) is 0 Å². The van der Waals surface area contributed by atoms with E-state index in [0.717, 1.165) is 10.9 Å². The van der Waals surface area contributed by atoms with Crippen LogP contribution in [0.1, 0.15) is 24.4 Å². The fraction of sp³-hybridized carbons (Fsp3) is 0.462. The topological polar surface area (TPSA) is 41.6 Å². The van der Waals surface area contributed by atoms with E-state index in [0.29, 0.717) is 0 Å². The highest BCUT2D eigenvalue weighted by molar-refractivity contribution is 8.14. The van der Waals surface area contributed by atoms with Crippen molar-refractivity contribution in [3.63, 3.8) is 0 Å². The number of aliphatic imine (C=N–C) groups is 1. The number of hydrogen-bond acceptors (Lipinski definition) is 4. The Morgan fingerprint density at radius 1 is 1.18 bits per heavy atom. The van der Waals surface area contributed by atoms with Crippen LogP contribution in [-0.2, 0) is 0 Å². The predicted molar refractivity (Wildman–Crippen MR) is 74.7 cm³/mol. The molecule has 0 aromatic heterocycles. The molecule has 0 spiro atoms. The Morgan fingerprint density at radius 2 is 1.88 bits per heavy atom. The molecule has 0 saturated carbocycles. The Bertz CT molecular complexity index is 421. The van der Waals surface area contributed by atoms with Crippen LogP contribution >= 0.6 is 11.8 Å². The van der Waals surface area contributed by atoms with Gasteiger partial charge in [-0.25, -0.2) is 0 Å². The van der Waals surface area contributed by atoms with Crippen molar-refractivity contribution in [1.82, 2.24) is 0 Å².